The molecule has 0 aliphatic carbocycles. The Morgan fingerprint density at radius 3 is 2.60 bits per heavy atom. The summed E-state index contributed by atoms with van der Waals surface area (Å²) in [5.41, 5.74) is 1.51. The molecule has 132 valence electrons. The van der Waals surface area contributed by atoms with Crippen molar-refractivity contribution in [1.82, 2.24) is 4.90 Å². The predicted molar refractivity (Wildman–Crippen MR) is 95.7 cm³/mol. The molecule has 2 aromatic carbocycles. The van der Waals surface area contributed by atoms with E-state index in [4.69, 9.17) is 9.47 Å². The number of benzene rings is 2. The third-order valence-corrected chi connectivity index (χ3v) is 3.53. The van der Waals surface area contributed by atoms with Crippen molar-refractivity contribution < 1.29 is 19.1 Å². The highest BCUT2D eigenvalue weighted by Crippen LogP contribution is 2.23. The number of anilines is 1. The molecule has 0 unspecified atom stereocenters. The summed E-state index contributed by atoms with van der Waals surface area (Å²) in [5, 5.41) is 2.68. The van der Waals surface area contributed by atoms with Gasteiger partial charge in [0.2, 0.25) is 5.91 Å². The van der Waals surface area contributed by atoms with E-state index in [-0.39, 0.29) is 18.4 Å². The van der Waals surface area contributed by atoms with Crippen molar-refractivity contribution in [2.45, 2.75) is 13.5 Å². The second-order valence-corrected chi connectivity index (χ2v) is 5.57. The van der Waals surface area contributed by atoms with Crippen LogP contribution in [0.25, 0.3) is 0 Å². The van der Waals surface area contributed by atoms with Gasteiger partial charge in [-0.2, -0.15) is 0 Å². The minimum Gasteiger partial charge on any atom is -0.497 e. The van der Waals surface area contributed by atoms with Gasteiger partial charge in [-0.3, -0.25) is 9.59 Å². The van der Waals surface area contributed by atoms with Gasteiger partial charge in [0.15, 0.2) is 6.61 Å². The first kappa shape index (κ1) is 18.3. The summed E-state index contributed by atoms with van der Waals surface area (Å²) in [7, 11) is 3.32. The lowest BCUT2D eigenvalue weighted by atomic mass is 10.2. The fraction of sp³-hybridized carbons (Fsp3) is 0.263. The molecule has 0 atom stereocenters. The summed E-state index contributed by atoms with van der Waals surface area (Å²) in [6, 6.07) is 14.6. The maximum Gasteiger partial charge on any atom is 0.260 e. The van der Waals surface area contributed by atoms with E-state index in [1.165, 1.54) is 6.92 Å². The number of rotatable bonds is 7. The van der Waals surface area contributed by atoms with Gasteiger partial charge < -0.3 is 19.7 Å². The number of ether oxygens (including phenoxy) is 2. The summed E-state index contributed by atoms with van der Waals surface area (Å²) in [6.07, 6.45) is 0. The molecule has 0 spiro atoms. The number of carbonyl (C=O) groups is 2. The van der Waals surface area contributed by atoms with Gasteiger partial charge in [-0.05, 0) is 29.8 Å². The molecule has 2 aromatic rings. The monoisotopic (exact) mass is 342 g/mol. The number of amides is 2. The van der Waals surface area contributed by atoms with Crippen LogP contribution in [0.2, 0.25) is 0 Å². The first-order chi connectivity index (χ1) is 12.0. The van der Waals surface area contributed by atoms with Crippen molar-refractivity contribution in [2.24, 2.45) is 0 Å². The normalized spacial score (nSPS) is 10.0. The number of methoxy groups -OCH3 is 1. The molecule has 0 fully saturated rings. The molecule has 6 nitrogen and oxygen atoms in total. The summed E-state index contributed by atoms with van der Waals surface area (Å²) >= 11 is 0. The first-order valence-corrected chi connectivity index (χ1v) is 7.86. The third kappa shape index (κ3) is 5.53. The van der Waals surface area contributed by atoms with E-state index in [0.717, 1.165) is 11.3 Å². The Kier molecular flexibility index (Phi) is 6.39. The molecule has 0 saturated carbocycles. The number of likely N-dealkylation sites (N-methyl/N-ethyl adjacent to an activating group) is 1. The molecule has 0 radical (unpaired) electrons. The van der Waals surface area contributed by atoms with Crippen LogP contribution in [0.15, 0.2) is 48.5 Å². The molecule has 0 aromatic heterocycles. The smallest absolute Gasteiger partial charge is 0.260 e. The van der Waals surface area contributed by atoms with E-state index in [9.17, 15) is 9.59 Å². The van der Waals surface area contributed by atoms with Gasteiger partial charge in [0.1, 0.15) is 11.5 Å². The van der Waals surface area contributed by atoms with Crippen LogP contribution >= 0.6 is 0 Å². The third-order valence-electron chi connectivity index (χ3n) is 3.53. The zero-order valence-electron chi connectivity index (χ0n) is 14.6. The number of hydrogen-bond donors (Lipinski definition) is 1. The van der Waals surface area contributed by atoms with Crippen LogP contribution in [-0.2, 0) is 16.1 Å². The zero-order chi connectivity index (χ0) is 18.2. The largest absolute Gasteiger partial charge is 0.497 e. The van der Waals surface area contributed by atoms with Crippen LogP contribution in [0.4, 0.5) is 5.69 Å². The Morgan fingerprint density at radius 2 is 1.88 bits per heavy atom. The van der Waals surface area contributed by atoms with Crippen molar-refractivity contribution in [3.63, 3.8) is 0 Å². The fourth-order valence-corrected chi connectivity index (χ4v) is 2.27. The molecule has 0 aliphatic rings. The van der Waals surface area contributed by atoms with Gasteiger partial charge in [-0.25, -0.2) is 0 Å². The predicted octanol–water partition coefficient (Wildman–Crippen LogP) is 2.69. The number of nitrogens with one attached hydrogen (secondary N) is 1. The molecular weight excluding hydrogens is 320 g/mol. The Labute approximate surface area is 147 Å². The maximum absolute atomic E-state index is 12.3. The molecule has 0 aliphatic heterocycles. The summed E-state index contributed by atoms with van der Waals surface area (Å²) in [5.74, 6) is 0.845. The van der Waals surface area contributed by atoms with Crippen LogP contribution < -0.4 is 14.8 Å². The molecule has 25 heavy (non-hydrogen) atoms. The minimum absolute atomic E-state index is 0.114. The Hall–Kier alpha value is -3.02. The van der Waals surface area contributed by atoms with E-state index in [1.54, 1.807) is 43.3 Å². The summed E-state index contributed by atoms with van der Waals surface area (Å²) in [4.78, 5) is 25.1. The first-order valence-electron chi connectivity index (χ1n) is 7.86. The van der Waals surface area contributed by atoms with Crippen molar-refractivity contribution in [3.8, 4) is 11.5 Å². The highest BCUT2D eigenvalue weighted by molar-refractivity contribution is 5.90. The van der Waals surface area contributed by atoms with Crippen molar-refractivity contribution in [1.29, 1.82) is 0 Å². The SMILES string of the molecule is COc1cccc(CN(C)C(=O)COc2ccccc2NC(C)=O)c1. The van der Waals surface area contributed by atoms with Crippen LogP contribution in [-0.4, -0.2) is 37.5 Å². The van der Waals surface area contributed by atoms with Crippen molar-refractivity contribution in [3.05, 3.63) is 54.1 Å². The van der Waals surface area contributed by atoms with Crippen LogP contribution in [0, 0.1) is 0 Å². The van der Waals surface area contributed by atoms with E-state index in [2.05, 4.69) is 5.32 Å². The number of carbonyl (C=O) groups excluding carboxylic acids is 2. The molecule has 2 amide bonds. The quantitative estimate of drug-likeness (QED) is 0.840. The summed E-state index contributed by atoms with van der Waals surface area (Å²) in [6.45, 7) is 1.76. The molecule has 0 saturated heterocycles. The fourth-order valence-electron chi connectivity index (χ4n) is 2.27. The molecule has 6 heteroatoms. The standard InChI is InChI=1S/C19H22N2O4/c1-14(22)20-17-9-4-5-10-18(17)25-13-19(23)21(2)12-15-7-6-8-16(11-15)24-3/h4-11H,12-13H2,1-3H3,(H,20,22). The summed E-state index contributed by atoms with van der Waals surface area (Å²) < 4.78 is 10.8. The van der Waals surface area contributed by atoms with Crippen LogP contribution in [0.3, 0.4) is 0 Å². The van der Waals surface area contributed by atoms with E-state index in [0.29, 0.717) is 18.0 Å². The van der Waals surface area contributed by atoms with Gasteiger partial charge >= 0.3 is 0 Å². The second-order valence-electron chi connectivity index (χ2n) is 5.57. The van der Waals surface area contributed by atoms with Crippen LogP contribution in [0.5, 0.6) is 11.5 Å². The van der Waals surface area contributed by atoms with Gasteiger partial charge in [-0.15, -0.1) is 0 Å². The van der Waals surface area contributed by atoms with Gasteiger partial charge in [-0.1, -0.05) is 24.3 Å². The maximum atomic E-state index is 12.3. The lowest BCUT2D eigenvalue weighted by molar-refractivity contribution is -0.132. The van der Waals surface area contributed by atoms with E-state index < -0.39 is 0 Å². The number of nitrogens with zero attached hydrogens (tertiary/aromatic N) is 1. The Morgan fingerprint density at radius 1 is 1.12 bits per heavy atom. The highest BCUT2D eigenvalue weighted by Gasteiger charge is 2.12. The second kappa shape index (κ2) is 8.73. The van der Waals surface area contributed by atoms with E-state index >= 15 is 0 Å². The molecule has 1 N–H and O–H groups in total. The topological polar surface area (TPSA) is 67.9 Å². The Balaban J connectivity index is 1.94. The molecule has 0 heterocycles. The minimum atomic E-state index is -0.197. The van der Waals surface area contributed by atoms with Gasteiger partial charge in [0.25, 0.3) is 5.91 Å². The average molecular weight is 342 g/mol. The molecule has 0 bridgehead atoms. The van der Waals surface area contributed by atoms with Crippen molar-refractivity contribution in [2.75, 3.05) is 26.1 Å². The van der Waals surface area contributed by atoms with Gasteiger partial charge in [0, 0.05) is 20.5 Å². The number of para-hydroxylation sites is 2. The molecular formula is C19H22N2O4. The van der Waals surface area contributed by atoms with Crippen LogP contribution in [0.1, 0.15) is 12.5 Å². The van der Waals surface area contributed by atoms with Gasteiger partial charge in [0.05, 0.1) is 12.8 Å². The lowest BCUT2D eigenvalue weighted by Crippen LogP contribution is -2.31. The number of hydrogen-bond acceptors (Lipinski definition) is 4. The Bertz CT molecular complexity index is 746. The van der Waals surface area contributed by atoms with E-state index in [1.807, 2.05) is 24.3 Å². The molecule has 2 rings (SSSR count). The highest BCUT2D eigenvalue weighted by atomic mass is 16.5. The lowest BCUT2D eigenvalue weighted by Gasteiger charge is -2.18. The van der Waals surface area contributed by atoms with Crippen molar-refractivity contribution >= 4 is 17.5 Å². The zero-order valence-corrected chi connectivity index (χ0v) is 14.6. The average Bonchev–Trinajstić information content (AvgIpc) is 2.60.